The molecule has 0 bridgehead atoms. The van der Waals surface area contributed by atoms with Crippen LogP contribution in [0.1, 0.15) is 87.0 Å². The second-order valence-corrected chi connectivity index (χ2v) is 27.0. The second-order valence-electron chi connectivity index (χ2n) is 21.7. The molecule has 1 aromatic heterocycles. The van der Waals surface area contributed by atoms with E-state index in [2.05, 4.69) is 71.9 Å². The molecule has 3 amide bonds. The summed E-state index contributed by atoms with van der Waals surface area (Å²) in [7, 11) is 6.99. The van der Waals surface area contributed by atoms with Crippen molar-refractivity contribution in [2.24, 2.45) is 13.0 Å². The van der Waals surface area contributed by atoms with Crippen LogP contribution in [0.5, 0.6) is 11.5 Å². The van der Waals surface area contributed by atoms with E-state index in [4.69, 9.17) is 20.8 Å². The fraction of sp³-hybridized carbons (Fsp3) is 0.466. The van der Waals surface area contributed by atoms with Crippen molar-refractivity contribution in [2.45, 2.75) is 122 Å². The van der Waals surface area contributed by atoms with Gasteiger partial charge >= 0.3 is 5.97 Å². The summed E-state index contributed by atoms with van der Waals surface area (Å²) in [5.74, 6) is -0.855. The third kappa shape index (κ3) is 14.7. The zero-order valence-corrected chi connectivity index (χ0v) is 47.3. The van der Waals surface area contributed by atoms with Crippen molar-refractivity contribution in [1.29, 1.82) is 0 Å². The van der Waals surface area contributed by atoms with Crippen LogP contribution >= 0.6 is 11.6 Å². The molecule has 5 atom stereocenters. The second kappa shape index (κ2) is 25.1. The molecule has 6 rings (SSSR count). The lowest BCUT2D eigenvalue weighted by molar-refractivity contribution is -0.145. The van der Waals surface area contributed by atoms with Gasteiger partial charge in [0.05, 0.1) is 49.5 Å². The van der Waals surface area contributed by atoms with Gasteiger partial charge in [-0.1, -0.05) is 87.8 Å². The van der Waals surface area contributed by atoms with Crippen molar-refractivity contribution in [3.63, 3.8) is 0 Å². The van der Waals surface area contributed by atoms with E-state index in [1.807, 2.05) is 100 Å². The number of nitrogens with zero attached hydrogens (tertiary/aromatic N) is 5. The number of imidazole rings is 1. The van der Waals surface area contributed by atoms with Crippen LogP contribution < -0.4 is 15.4 Å². The Labute approximate surface area is 444 Å². The van der Waals surface area contributed by atoms with Gasteiger partial charge in [0.2, 0.25) is 17.7 Å². The standard InChI is InChI=1S/C58H78ClN7O7Si/c1-13-39-18-21-43(52(31-39)73-46-27-22-42(23-28-46)51-34-61-53(66(51)10)36-63(6)7)33-60-38(2)55(69)62-50(37-72-74(11,12)58(3,4)5)57(71)65(9)45(30-40-19-25-44(59)26-20-40)35-64(8)56(70)49(32-54(67)68)48-29-24-41-16-14-15-17-47(41)48/h14-23,25-28,31,34,38,45,48-50,60H,13,24,29-30,32-33,35-37H2,1-12H3,(H,62,69)(H,67,68)/t38?,45?,48-,49?,50?/m1/s1. The molecule has 1 aliphatic rings. The fourth-order valence-electron chi connectivity index (χ4n) is 9.29. The lowest BCUT2D eigenvalue weighted by Crippen LogP contribution is -2.58. The highest BCUT2D eigenvalue weighted by Crippen LogP contribution is 2.41. The first-order valence-corrected chi connectivity index (χ1v) is 29.0. The number of carbonyl (C=O) groups excluding carboxylic acids is 3. The number of aromatic nitrogens is 2. The maximum atomic E-state index is 15.0. The normalized spacial score (nSPS) is 15.2. The molecule has 1 aliphatic carbocycles. The Hall–Kier alpha value is -5.84. The Bertz CT molecular complexity index is 2720. The number of aryl methyl sites for hydroxylation is 2. The number of hydrogen-bond donors (Lipinski definition) is 3. The summed E-state index contributed by atoms with van der Waals surface area (Å²) in [6, 6.07) is 26.9. The number of benzene rings is 4. The van der Waals surface area contributed by atoms with Gasteiger partial charge in [-0.15, -0.1) is 0 Å². The van der Waals surface area contributed by atoms with Crippen molar-refractivity contribution in [2.75, 3.05) is 41.3 Å². The minimum atomic E-state index is -2.43. The minimum absolute atomic E-state index is 0.0601. The number of aliphatic carboxylic acids is 1. The monoisotopic (exact) mass is 1050 g/mol. The average molecular weight is 1050 g/mol. The van der Waals surface area contributed by atoms with Crippen LogP contribution in [0.3, 0.4) is 0 Å². The van der Waals surface area contributed by atoms with E-state index in [-0.39, 0.29) is 42.3 Å². The molecule has 0 aliphatic heterocycles. The number of likely N-dealkylation sites (N-methyl/N-ethyl adjacent to an activating group) is 2. The molecule has 4 aromatic carbocycles. The van der Waals surface area contributed by atoms with Gasteiger partial charge in [-0.3, -0.25) is 19.2 Å². The van der Waals surface area contributed by atoms with Gasteiger partial charge < -0.3 is 44.2 Å². The summed E-state index contributed by atoms with van der Waals surface area (Å²) in [5, 5.41) is 16.9. The van der Waals surface area contributed by atoms with Gasteiger partial charge in [-0.05, 0) is 135 Å². The zero-order valence-electron chi connectivity index (χ0n) is 45.5. The molecule has 74 heavy (non-hydrogen) atoms. The molecule has 4 unspecified atom stereocenters. The van der Waals surface area contributed by atoms with Crippen molar-refractivity contribution in [3.05, 3.63) is 136 Å². The number of carboxylic acid groups (broad SMARTS) is 1. The van der Waals surface area contributed by atoms with Crippen LogP contribution in [0.4, 0.5) is 0 Å². The summed E-state index contributed by atoms with van der Waals surface area (Å²) in [4.78, 5) is 66.1. The number of carbonyl (C=O) groups is 4. The highest BCUT2D eigenvalue weighted by Gasteiger charge is 2.41. The van der Waals surface area contributed by atoms with E-state index in [0.29, 0.717) is 35.9 Å². The fourth-order valence-corrected chi connectivity index (χ4v) is 10.4. The molecule has 0 spiro atoms. The van der Waals surface area contributed by atoms with Crippen LogP contribution in [0, 0.1) is 5.92 Å². The summed E-state index contributed by atoms with van der Waals surface area (Å²) in [6.07, 6.45) is 4.18. The molecule has 398 valence electrons. The number of fused-ring (bicyclic) bond motifs is 1. The quantitative estimate of drug-likeness (QED) is 0.0509. The van der Waals surface area contributed by atoms with Crippen molar-refractivity contribution >= 4 is 43.6 Å². The molecule has 0 fully saturated rings. The van der Waals surface area contributed by atoms with E-state index < -0.39 is 44.2 Å². The third-order valence-corrected chi connectivity index (χ3v) is 19.8. The van der Waals surface area contributed by atoms with E-state index in [1.165, 1.54) is 0 Å². The first kappa shape index (κ1) is 57.4. The number of carboxylic acids is 1. The van der Waals surface area contributed by atoms with Gasteiger partial charge in [0.25, 0.3) is 0 Å². The largest absolute Gasteiger partial charge is 0.481 e. The molecule has 5 aromatic rings. The predicted molar refractivity (Wildman–Crippen MR) is 296 cm³/mol. The van der Waals surface area contributed by atoms with Crippen LogP contribution in [0.2, 0.25) is 23.2 Å². The first-order valence-electron chi connectivity index (χ1n) is 25.7. The highest BCUT2D eigenvalue weighted by molar-refractivity contribution is 6.74. The molecule has 16 heteroatoms. The Morgan fingerprint density at radius 2 is 1.61 bits per heavy atom. The lowest BCUT2D eigenvalue weighted by Gasteiger charge is -2.39. The van der Waals surface area contributed by atoms with Gasteiger partial charge in [0.1, 0.15) is 23.4 Å². The van der Waals surface area contributed by atoms with Gasteiger partial charge in [-0.25, -0.2) is 4.98 Å². The molecule has 14 nitrogen and oxygen atoms in total. The smallest absolute Gasteiger partial charge is 0.304 e. The molecule has 1 heterocycles. The van der Waals surface area contributed by atoms with Crippen LogP contribution in [0.15, 0.2) is 97.2 Å². The van der Waals surface area contributed by atoms with Crippen LogP contribution in [0.25, 0.3) is 11.3 Å². The average Bonchev–Trinajstić information content (AvgIpc) is 3.95. The highest BCUT2D eigenvalue weighted by atomic mass is 35.5. The minimum Gasteiger partial charge on any atom is -0.481 e. The van der Waals surface area contributed by atoms with Crippen molar-refractivity contribution in [1.82, 2.24) is 34.9 Å². The van der Waals surface area contributed by atoms with E-state index in [1.54, 1.807) is 43.0 Å². The summed E-state index contributed by atoms with van der Waals surface area (Å²) >= 11 is 6.30. The van der Waals surface area contributed by atoms with Crippen molar-refractivity contribution < 1.29 is 33.4 Å². The summed E-state index contributed by atoms with van der Waals surface area (Å²) in [6.45, 7) is 15.5. The molecular formula is C58H78ClN7O7Si. The number of halogens is 1. The number of nitrogens with one attached hydrogen (secondary N) is 2. The van der Waals surface area contributed by atoms with Crippen LogP contribution in [-0.2, 0) is 63.0 Å². The van der Waals surface area contributed by atoms with Crippen molar-refractivity contribution in [3.8, 4) is 22.8 Å². The number of rotatable bonds is 24. The predicted octanol–water partition coefficient (Wildman–Crippen LogP) is 9.49. The maximum absolute atomic E-state index is 15.0. The molecular weight excluding hydrogens is 970 g/mol. The third-order valence-electron chi connectivity index (χ3n) is 15.0. The molecule has 3 N–H and O–H groups in total. The van der Waals surface area contributed by atoms with Gasteiger partial charge in [0.15, 0.2) is 8.32 Å². The van der Waals surface area contributed by atoms with Gasteiger partial charge in [0, 0.05) is 50.4 Å². The van der Waals surface area contributed by atoms with E-state index >= 15 is 4.79 Å². The van der Waals surface area contributed by atoms with Crippen LogP contribution in [-0.4, -0.2) is 121 Å². The molecule has 0 saturated heterocycles. The molecule has 0 saturated carbocycles. The summed E-state index contributed by atoms with van der Waals surface area (Å²) in [5.41, 5.74) is 7.00. The Kier molecular flexibility index (Phi) is 19.5. The topological polar surface area (TPSA) is 159 Å². The Morgan fingerprint density at radius 1 is 0.932 bits per heavy atom. The SMILES string of the molecule is CCc1ccc(CNC(C)C(=O)NC(CO[Si](C)(C)C(C)(C)C)C(=O)N(C)C(Cc2ccc(Cl)cc2)CN(C)C(=O)C(CC(=O)O)[C@@H]2CCc3ccccc32)c(Oc2ccc(-c3cnc(CN(C)C)n3C)cc2)c1. The number of hydrogen-bond acceptors (Lipinski definition) is 9. The maximum Gasteiger partial charge on any atom is 0.304 e. The van der Waals surface area contributed by atoms with E-state index in [0.717, 1.165) is 64.3 Å². The number of ether oxygens (including phenoxy) is 1. The number of amides is 3. The summed E-state index contributed by atoms with van der Waals surface area (Å²) < 4.78 is 15.3. The Morgan fingerprint density at radius 3 is 2.26 bits per heavy atom. The molecule has 0 radical (unpaired) electrons. The Balaban J connectivity index is 1.20. The first-order chi connectivity index (χ1) is 35.0. The zero-order chi connectivity index (χ0) is 54.1. The lowest BCUT2D eigenvalue weighted by atomic mass is 9.84. The van der Waals surface area contributed by atoms with Gasteiger partial charge in [-0.2, -0.15) is 0 Å². The van der Waals surface area contributed by atoms with E-state index in [9.17, 15) is 19.5 Å².